The van der Waals surface area contributed by atoms with Crippen LogP contribution in [0.15, 0.2) is 18.3 Å². The van der Waals surface area contributed by atoms with Crippen LogP contribution in [-0.4, -0.2) is 35.4 Å². The van der Waals surface area contributed by atoms with E-state index < -0.39 is 11.4 Å². The van der Waals surface area contributed by atoms with Gasteiger partial charge in [0.15, 0.2) is 0 Å². The first-order valence-corrected chi connectivity index (χ1v) is 6.52. The lowest BCUT2D eigenvalue weighted by Gasteiger charge is -2.31. The summed E-state index contributed by atoms with van der Waals surface area (Å²) >= 11 is 0. The predicted molar refractivity (Wildman–Crippen MR) is 67.1 cm³/mol. The molecular weight excluding hydrogens is 246 g/mol. The molecule has 102 valence electrons. The second-order valence-corrected chi connectivity index (χ2v) is 5.34. The highest BCUT2D eigenvalue weighted by Gasteiger charge is 2.57. The van der Waals surface area contributed by atoms with Crippen molar-refractivity contribution in [2.45, 2.75) is 37.9 Å². The first kappa shape index (κ1) is 12.4. The van der Waals surface area contributed by atoms with E-state index in [-0.39, 0.29) is 12.2 Å². The Morgan fingerprint density at radius 2 is 2.47 bits per heavy atom. The number of carboxylic acids is 1. The minimum Gasteiger partial charge on any atom is -0.481 e. The summed E-state index contributed by atoms with van der Waals surface area (Å²) in [6.07, 6.45) is 4.38. The molecule has 2 saturated heterocycles. The van der Waals surface area contributed by atoms with Crippen molar-refractivity contribution < 1.29 is 19.4 Å². The molecule has 1 aromatic rings. The van der Waals surface area contributed by atoms with Crippen molar-refractivity contribution in [2.75, 3.05) is 7.11 Å². The van der Waals surface area contributed by atoms with E-state index >= 15 is 0 Å². The Morgan fingerprint density at radius 3 is 3.05 bits per heavy atom. The lowest BCUT2D eigenvalue weighted by atomic mass is 9.70. The van der Waals surface area contributed by atoms with Crippen LogP contribution in [0.4, 0.5) is 0 Å². The summed E-state index contributed by atoms with van der Waals surface area (Å²) in [7, 11) is 1.55. The third-order valence-electron chi connectivity index (χ3n) is 4.29. The van der Waals surface area contributed by atoms with E-state index in [1.165, 1.54) is 0 Å². The van der Waals surface area contributed by atoms with Gasteiger partial charge >= 0.3 is 5.97 Å². The molecule has 3 rings (SSSR count). The molecule has 1 N–H and O–H groups in total. The largest absolute Gasteiger partial charge is 0.481 e. The van der Waals surface area contributed by atoms with Crippen molar-refractivity contribution in [3.63, 3.8) is 0 Å². The number of hydrogen-bond donors (Lipinski definition) is 1. The van der Waals surface area contributed by atoms with E-state index in [4.69, 9.17) is 9.47 Å². The number of methoxy groups -OCH3 is 1. The summed E-state index contributed by atoms with van der Waals surface area (Å²) in [5, 5.41) is 9.67. The Kier molecular flexibility index (Phi) is 2.93. The van der Waals surface area contributed by atoms with E-state index in [9.17, 15) is 9.90 Å². The number of carboxylic acid groups (broad SMARTS) is 1. The Balaban J connectivity index is 1.93. The molecule has 0 saturated carbocycles. The van der Waals surface area contributed by atoms with Crippen molar-refractivity contribution in [2.24, 2.45) is 5.41 Å². The zero-order valence-electron chi connectivity index (χ0n) is 10.8. The fourth-order valence-electron chi connectivity index (χ4n) is 3.37. The summed E-state index contributed by atoms with van der Waals surface area (Å²) in [6.45, 7) is 0. The van der Waals surface area contributed by atoms with Gasteiger partial charge in [-0.1, -0.05) is 6.07 Å². The molecule has 0 aliphatic carbocycles. The molecule has 2 aliphatic heterocycles. The van der Waals surface area contributed by atoms with Gasteiger partial charge in [0.05, 0.1) is 19.3 Å². The fourth-order valence-corrected chi connectivity index (χ4v) is 3.37. The van der Waals surface area contributed by atoms with Gasteiger partial charge in [-0.3, -0.25) is 4.79 Å². The summed E-state index contributed by atoms with van der Waals surface area (Å²) in [4.78, 5) is 15.9. The van der Waals surface area contributed by atoms with Crippen molar-refractivity contribution in [3.05, 3.63) is 23.9 Å². The number of ether oxygens (including phenoxy) is 2. The Hall–Kier alpha value is -1.62. The van der Waals surface area contributed by atoms with Gasteiger partial charge in [-0.15, -0.1) is 0 Å². The Bertz CT molecular complexity index is 504. The molecule has 19 heavy (non-hydrogen) atoms. The van der Waals surface area contributed by atoms with E-state index in [1.54, 1.807) is 13.3 Å². The molecule has 2 aliphatic rings. The molecule has 0 spiro atoms. The molecule has 3 heterocycles. The normalized spacial score (nSPS) is 32.5. The van der Waals surface area contributed by atoms with E-state index in [0.717, 1.165) is 18.4 Å². The maximum absolute atomic E-state index is 11.8. The quantitative estimate of drug-likeness (QED) is 0.894. The predicted octanol–water partition coefficient (Wildman–Crippen LogP) is 1.65. The SMILES string of the molecule is COc1ncccc1CC1(C(=O)O)CC2CCC1O2. The van der Waals surface area contributed by atoms with Gasteiger partial charge in [0.25, 0.3) is 0 Å². The van der Waals surface area contributed by atoms with Gasteiger partial charge < -0.3 is 14.6 Å². The molecule has 5 nitrogen and oxygen atoms in total. The minimum atomic E-state index is -0.820. The summed E-state index contributed by atoms with van der Waals surface area (Å²) in [5.41, 5.74) is 0.0164. The lowest BCUT2D eigenvalue weighted by Crippen LogP contribution is -2.42. The third kappa shape index (κ3) is 1.89. The van der Waals surface area contributed by atoms with Crippen molar-refractivity contribution in [1.82, 2.24) is 4.98 Å². The van der Waals surface area contributed by atoms with E-state index in [1.807, 2.05) is 12.1 Å². The summed E-state index contributed by atoms with van der Waals surface area (Å²) in [6, 6.07) is 3.68. The van der Waals surface area contributed by atoms with Gasteiger partial charge in [0.2, 0.25) is 5.88 Å². The number of aromatic nitrogens is 1. The number of carbonyl (C=O) groups is 1. The van der Waals surface area contributed by atoms with Gasteiger partial charge in [0.1, 0.15) is 5.41 Å². The molecule has 0 aromatic carbocycles. The smallest absolute Gasteiger partial charge is 0.312 e. The van der Waals surface area contributed by atoms with Crippen LogP contribution in [0, 0.1) is 5.41 Å². The van der Waals surface area contributed by atoms with Crippen LogP contribution in [0.5, 0.6) is 5.88 Å². The molecule has 3 unspecified atom stereocenters. The number of rotatable bonds is 4. The van der Waals surface area contributed by atoms with Crippen LogP contribution in [0.25, 0.3) is 0 Å². The monoisotopic (exact) mass is 263 g/mol. The second kappa shape index (κ2) is 4.49. The Labute approximate surface area is 111 Å². The molecule has 2 fully saturated rings. The number of hydrogen-bond acceptors (Lipinski definition) is 4. The van der Waals surface area contributed by atoms with Crippen molar-refractivity contribution in [1.29, 1.82) is 0 Å². The highest BCUT2D eigenvalue weighted by Crippen LogP contribution is 2.50. The molecule has 0 radical (unpaired) electrons. The maximum Gasteiger partial charge on any atom is 0.312 e. The molecule has 3 atom stereocenters. The Morgan fingerprint density at radius 1 is 1.63 bits per heavy atom. The van der Waals surface area contributed by atoms with Crippen molar-refractivity contribution >= 4 is 5.97 Å². The third-order valence-corrected chi connectivity index (χ3v) is 4.29. The zero-order chi connectivity index (χ0) is 13.5. The van der Waals surface area contributed by atoms with Crippen LogP contribution < -0.4 is 4.74 Å². The standard InChI is InChI=1S/C14H17NO4/c1-18-12-9(3-2-6-15-12)7-14(13(16)17)8-10-4-5-11(14)19-10/h2-3,6,10-11H,4-5,7-8H2,1H3,(H,16,17). The highest BCUT2D eigenvalue weighted by atomic mass is 16.5. The summed E-state index contributed by atoms with van der Waals surface area (Å²) < 4.78 is 11.0. The first-order valence-electron chi connectivity index (χ1n) is 6.52. The molecular formula is C14H17NO4. The zero-order valence-corrected chi connectivity index (χ0v) is 10.8. The number of pyridine rings is 1. The van der Waals surface area contributed by atoms with Crippen LogP contribution in [0.2, 0.25) is 0 Å². The minimum absolute atomic E-state index is 0.101. The van der Waals surface area contributed by atoms with E-state index in [2.05, 4.69) is 4.98 Å². The molecule has 0 amide bonds. The first-order chi connectivity index (χ1) is 9.15. The summed E-state index contributed by atoms with van der Waals surface area (Å²) in [5.74, 6) is -0.267. The maximum atomic E-state index is 11.8. The van der Waals surface area contributed by atoms with Gasteiger partial charge in [-0.05, 0) is 31.7 Å². The fraction of sp³-hybridized carbons (Fsp3) is 0.571. The molecule has 2 bridgehead atoms. The van der Waals surface area contributed by atoms with Crippen LogP contribution in [-0.2, 0) is 16.0 Å². The van der Waals surface area contributed by atoms with Gasteiger partial charge in [0, 0.05) is 11.8 Å². The topological polar surface area (TPSA) is 68.7 Å². The average Bonchev–Trinajstić information content (AvgIpc) is 3.00. The lowest BCUT2D eigenvalue weighted by molar-refractivity contribution is -0.152. The van der Waals surface area contributed by atoms with Crippen LogP contribution in [0.1, 0.15) is 24.8 Å². The van der Waals surface area contributed by atoms with Gasteiger partial charge in [-0.25, -0.2) is 4.98 Å². The molecule has 1 aromatic heterocycles. The average molecular weight is 263 g/mol. The van der Waals surface area contributed by atoms with Crippen molar-refractivity contribution in [3.8, 4) is 5.88 Å². The number of fused-ring (bicyclic) bond motifs is 2. The van der Waals surface area contributed by atoms with Crippen LogP contribution >= 0.6 is 0 Å². The van der Waals surface area contributed by atoms with E-state index in [0.29, 0.717) is 18.7 Å². The number of aliphatic carboxylic acids is 1. The van der Waals surface area contributed by atoms with Gasteiger partial charge in [-0.2, -0.15) is 0 Å². The highest BCUT2D eigenvalue weighted by molar-refractivity contribution is 5.77. The number of nitrogens with zero attached hydrogens (tertiary/aromatic N) is 1. The second-order valence-electron chi connectivity index (χ2n) is 5.34. The van der Waals surface area contributed by atoms with Crippen LogP contribution in [0.3, 0.4) is 0 Å². The molecule has 5 heteroatoms.